The smallest absolute Gasteiger partial charge is 0.332 e. The minimum atomic E-state index is -1.37. The number of rotatable bonds is 3. The van der Waals surface area contributed by atoms with E-state index in [0.29, 0.717) is 11.4 Å². The van der Waals surface area contributed by atoms with E-state index in [9.17, 15) is 14.4 Å². The summed E-state index contributed by atoms with van der Waals surface area (Å²) in [6.45, 7) is 3.82. The second-order valence-electron chi connectivity index (χ2n) is 8.11. The summed E-state index contributed by atoms with van der Waals surface area (Å²) in [6.07, 6.45) is 0. The number of imide groups is 1. The van der Waals surface area contributed by atoms with Crippen molar-refractivity contribution < 1.29 is 23.9 Å². The third-order valence-corrected chi connectivity index (χ3v) is 7.02. The molecule has 0 bridgehead atoms. The van der Waals surface area contributed by atoms with Gasteiger partial charge in [-0.3, -0.25) is 9.59 Å². The summed E-state index contributed by atoms with van der Waals surface area (Å²) in [4.78, 5) is 43.3. The molecule has 0 aromatic heterocycles. The zero-order valence-electron chi connectivity index (χ0n) is 17.1. The van der Waals surface area contributed by atoms with Crippen molar-refractivity contribution in [2.24, 2.45) is 11.8 Å². The Morgan fingerprint density at radius 1 is 1.23 bits per heavy atom. The van der Waals surface area contributed by atoms with Crippen LogP contribution in [0.2, 0.25) is 0 Å². The molecule has 5 rings (SSSR count). The van der Waals surface area contributed by atoms with Crippen LogP contribution >= 0.6 is 15.9 Å². The maximum Gasteiger partial charge on any atom is 0.332 e. The van der Waals surface area contributed by atoms with Crippen LogP contribution in [0.25, 0.3) is 0 Å². The lowest BCUT2D eigenvalue weighted by atomic mass is 9.77. The summed E-state index contributed by atoms with van der Waals surface area (Å²) < 4.78 is 12.2. The number of para-hydroxylation sites is 1. The van der Waals surface area contributed by atoms with Gasteiger partial charge in [-0.2, -0.15) is 0 Å². The van der Waals surface area contributed by atoms with Crippen molar-refractivity contribution in [1.29, 1.82) is 0 Å². The number of carbonyl (C=O) groups excluding carboxylic acids is 3. The standard InChI is InChI=1S/C23H21BrN2O5/c1-3-30-20(27)18-16-12-31-17-10-9-13(24)11-15(17)19(16)26-22(29)25(21(28)23(18,26)2)14-7-5-4-6-8-14/h4-11,16,18-19H,3,12H2,1-2H3/t16-,18+,19+,23-/m1/s1. The number of ether oxygens (including phenoxy) is 2. The number of halogens is 1. The zero-order chi connectivity index (χ0) is 21.9. The molecule has 160 valence electrons. The first kappa shape index (κ1) is 20.1. The van der Waals surface area contributed by atoms with E-state index in [0.717, 1.165) is 10.0 Å². The normalized spacial score (nSPS) is 28.7. The van der Waals surface area contributed by atoms with Gasteiger partial charge in [0.15, 0.2) is 0 Å². The lowest BCUT2D eigenvalue weighted by Crippen LogP contribution is -2.51. The maximum atomic E-state index is 13.8. The van der Waals surface area contributed by atoms with Gasteiger partial charge in [0, 0.05) is 16.0 Å². The van der Waals surface area contributed by atoms with Crippen LogP contribution in [0, 0.1) is 11.8 Å². The van der Waals surface area contributed by atoms with Gasteiger partial charge < -0.3 is 14.4 Å². The molecule has 2 aromatic carbocycles. The van der Waals surface area contributed by atoms with E-state index in [1.807, 2.05) is 24.3 Å². The van der Waals surface area contributed by atoms with E-state index in [4.69, 9.17) is 9.47 Å². The molecule has 3 heterocycles. The van der Waals surface area contributed by atoms with Crippen LogP contribution in [-0.4, -0.2) is 41.6 Å². The molecule has 3 amide bonds. The molecule has 0 spiro atoms. The molecule has 4 atom stereocenters. The largest absolute Gasteiger partial charge is 0.493 e. The Balaban J connectivity index is 1.70. The van der Waals surface area contributed by atoms with Gasteiger partial charge >= 0.3 is 12.0 Å². The number of fused-ring (bicyclic) bond motifs is 5. The number of nitrogens with zero attached hydrogens (tertiary/aromatic N) is 2. The number of hydrogen-bond acceptors (Lipinski definition) is 5. The molecule has 2 saturated heterocycles. The van der Waals surface area contributed by atoms with Crippen LogP contribution in [0.1, 0.15) is 25.5 Å². The fourth-order valence-corrected chi connectivity index (χ4v) is 5.65. The number of hydrogen-bond donors (Lipinski definition) is 0. The molecule has 2 aromatic rings. The highest BCUT2D eigenvalue weighted by molar-refractivity contribution is 9.10. The van der Waals surface area contributed by atoms with Gasteiger partial charge in [0.05, 0.1) is 30.9 Å². The van der Waals surface area contributed by atoms with Gasteiger partial charge in [-0.1, -0.05) is 34.1 Å². The van der Waals surface area contributed by atoms with Gasteiger partial charge in [0.25, 0.3) is 5.91 Å². The van der Waals surface area contributed by atoms with Crippen molar-refractivity contribution in [2.45, 2.75) is 25.4 Å². The Kier molecular flexibility index (Phi) is 4.58. The zero-order valence-corrected chi connectivity index (χ0v) is 18.7. The van der Waals surface area contributed by atoms with Crippen molar-refractivity contribution in [3.63, 3.8) is 0 Å². The van der Waals surface area contributed by atoms with Gasteiger partial charge in [-0.15, -0.1) is 0 Å². The summed E-state index contributed by atoms with van der Waals surface area (Å²) in [5.41, 5.74) is -0.115. The summed E-state index contributed by atoms with van der Waals surface area (Å²) in [5.74, 6) is -1.49. The van der Waals surface area contributed by atoms with Gasteiger partial charge in [0.1, 0.15) is 11.3 Å². The minimum absolute atomic E-state index is 0.191. The predicted molar refractivity (Wildman–Crippen MR) is 116 cm³/mol. The predicted octanol–water partition coefficient (Wildman–Crippen LogP) is 3.92. The van der Waals surface area contributed by atoms with E-state index in [-0.39, 0.29) is 13.2 Å². The number of amides is 3. The molecular formula is C23H21BrN2O5. The van der Waals surface area contributed by atoms with Crippen molar-refractivity contribution in [1.82, 2.24) is 4.90 Å². The van der Waals surface area contributed by atoms with E-state index in [1.165, 1.54) is 4.90 Å². The Morgan fingerprint density at radius 3 is 2.68 bits per heavy atom. The second kappa shape index (κ2) is 7.09. The van der Waals surface area contributed by atoms with Crippen LogP contribution < -0.4 is 9.64 Å². The second-order valence-corrected chi connectivity index (χ2v) is 9.02. The van der Waals surface area contributed by atoms with E-state index in [2.05, 4.69) is 15.9 Å². The minimum Gasteiger partial charge on any atom is -0.493 e. The molecule has 0 saturated carbocycles. The molecule has 31 heavy (non-hydrogen) atoms. The Hall–Kier alpha value is -2.87. The average Bonchev–Trinajstić information content (AvgIpc) is 3.14. The first-order chi connectivity index (χ1) is 14.9. The molecular weight excluding hydrogens is 464 g/mol. The van der Waals surface area contributed by atoms with Crippen molar-refractivity contribution in [3.8, 4) is 5.75 Å². The SMILES string of the molecule is CCOC(=O)[C@@H]1[C@H]2COc3ccc(Br)cc3[C@@H]2N2C(=O)N(c3ccccc3)C(=O)[C@@]12C. The fourth-order valence-electron chi connectivity index (χ4n) is 5.27. The number of benzene rings is 2. The first-order valence-electron chi connectivity index (χ1n) is 10.2. The highest BCUT2D eigenvalue weighted by atomic mass is 79.9. The van der Waals surface area contributed by atoms with Gasteiger partial charge in [-0.25, -0.2) is 9.69 Å². The summed E-state index contributed by atoms with van der Waals surface area (Å²) in [7, 11) is 0. The monoisotopic (exact) mass is 484 g/mol. The van der Waals surface area contributed by atoms with Crippen molar-refractivity contribution in [3.05, 3.63) is 58.6 Å². The van der Waals surface area contributed by atoms with Crippen LogP contribution in [0.4, 0.5) is 10.5 Å². The van der Waals surface area contributed by atoms with Crippen LogP contribution in [0.15, 0.2) is 53.0 Å². The van der Waals surface area contributed by atoms with Crippen molar-refractivity contribution in [2.75, 3.05) is 18.1 Å². The topological polar surface area (TPSA) is 76.2 Å². The third-order valence-electron chi connectivity index (χ3n) is 6.53. The molecule has 0 N–H and O–H groups in total. The van der Waals surface area contributed by atoms with Gasteiger partial charge in [0.2, 0.25) is 0 Å². The molecule has 0 unspecified atom stereocenters. The summed E-state index contributed by atoms with van der Waals surface area (Å²) in [6, 6.07) is 13.5. The summed E-state index contributed by atoms with van der Waals surface area (Å²) in [5, 5.41) is 0. The summed E-state index contributed by atoms with van der Waals surface area (Å²) >= 11 is 3.49. The highest BCUT2D eigenvalue weighted by Crippen LogP contribution is 2.58. The molecule has 3 aliphatic heterocycles. The average molecular weight is 485 g/mol. The number of carbonyl (C=O) groups is 3. The highest BCUT2D eigenvalue weighted by Gasteiger charge is 2.72. The molecule has 7 nitrogen and oxygen atoms in total. The molecule has 3 aliphatic rings. The van der Waals surface area contributed by atoms with Crippen molar-refractivity contribution >= 4 is 39.5 Å². The molecule has 2 fully saturated rings. The number of urea groups is 1. The lowest BCUT2D eigenvalue weighted by Gasteiger charge is -2.34. The Morgan fingerprint density at radius 2 is 1.97 bits per heavy atom. The van der Waals surface area contributed by atoms with Crippen LogP contribution in [-0.2, 0) is 14.3 Å². The fraction of sp³-hybridized carbons (Fsp3) is 0.348. The van der Waals surface area contributed by atoms with Crippen LogP contribution in [0.3, 0.4) is 0 Å². The van der Waals surface area contributed by atoms with E-state index in [1.54, 1.807) is 43.0 Å². The van der Waals surface area contributed by atoms with E-state index >= 15 is 0 Å². The molecule has 0 aliphatic carbocycles. The first-order valence-corrected chi connectivity index (χ1v) is 11.0. The van der Waals surface area contributed by atoms with Crippen LogP contribution in [0.5, 0.6) is 5.75 Å². The van der Waals surface area contributed by atoms with Gasteiger partial charge in [-0.05, 0) is 44.2 Å². The number of esters is 1. The maximum absolute atomic E-state index is 13.8. The Labute approximate surface area is 188 Å². The number of anilines is 1. The Bertz CT molecular complexity index is 1090. The molecule has 0 radical (unpaired) electrons. The molecule has 8 heteroatoms. The quantitative estimate of drug-likeness (QED) is 0.487. The van der Waals surface area contributed by atoms with E-state index < -0.39 is 41.3 Å². The lowest BCUT2D eigenvalue weighted by molar-refractivity contribution is -0.154. The third kappa shape index (κ3) is 2.67.